The molecule has 2 bridgehead atoms. The smallest absolute Gasteiger partial charge is 0.193 e. The standard InChI is InChI=1S/C34H41NO6/c1-30-9-8-22(37)11-20(30)6-7-23-24-12-27-34(26(39)15-36,31(24,2)14-25(38)28(23)30)41-29(40-27)33-16-32(17-33,18-33)13-19-4-3-5-21(35)10-19/h3-5,8-11,23-25,27-29,36,38H,6-7,12-18,35H2,1-2H3/t23-,24-,25-,27+,28+,29+,30-,31-,32?,33?,34+/m0/s1. The van der Waals surface area contributed by atoms with Crippen LogP contribution in [0.5, 0.6) is 0 Å². The van der Waals surface area contributed by atoms with E-state index in [9.17, 15) is 19.8 Å². The maximum Gasteiger partial charge on any atom is 0.193 e. The molecule has 7 nitrogen and oxygen atoms in total. The number of aliphatic hydroxyl groups is 2. The van der Waals surface area contributed by atoms with Gasteiger partial charge in [-0.2, -0.15) is 0 Å². The summed E-state index contributed by atoms with van der Waals surface area (Å²) in [5, 5.41) is 22.1. The fourth-order valence-corrected chi connectivity index (χ4v) is 11.6. The summed E-state index contributed by atoms with van der Waals surface area (Å²) in [5.41, 5.74) is 7.03. The van der Waals surface area contributed by atoms with Crippen molar-refractivity contribution >= 4 is 17.3 Å². The van der Waals surface area contributed by atoms with Crippen molar-refractivity contribution in [2.24, 2.45) is 39.4 Å². The molecule has 0 aromatic heterocycles. The molecule has 1 saturated heterocycles. The highest BCUT2D eigenvalue weighted by Crippen LogP contribution is 2.79. The molecule has 0 radical (unpaired) electrons. The first-order chi connectivity index (χ1) is 19.5. The number of hydrogen-bond donors (Lipinski definition) is 3. The third kappa shape index (κ3) is 3.19. The zero-order valence-corrected chi connectivity index (χ0v) is 24.0. The summed E-state index contributed by atoms with van der Waals surface area (Å²) in [5.74, 6) is -0.0487. The normalized spacial score (nSPS) is 50.5. The summed E-state index contributed by atoms with van der Waals surface area (Å²) in [4.78, 5) is 26.0. The fourth-order valence-electron chi connectivity index (χ4n) is 11.6. The number of ketones is 2. The number of nitrogens with two attached hydrogens (primary N) is 1. The van der Waals surface area contributed by atoms with Crippen molar-refractivity contribution in [2.45, 2.75) is 89.3 Å². The van der Waals surface area contributed by atoms with Crippen molar-refractivity contribution < 1.29 is 29.3 Å². The van der Waals surface area contributed by atoms with E-state index >= 15 is 0 Å². The molecule has 8 aliphatic rings. The summed E-state index contributed by atoms with van der Waals surface area (Å²) < 4.78 is 13.7. The number of carbonyl (C=O) groups is 2. The predicted molar refractivity (Wildman–Crippen MR) is 151 cm³/mol. The quantitative estimate of drug-likeness (QED) is 0.468. The van der Waals surface area contributed by atoms with Crippen LogP contribution in [-0.4, -0.2) is 52.5 Å². The van der Waals surface area contributed by atoms with Gasteiger partial charge in [-0.3, -0.25) is 9.59 Å². The van der Waals surface area contributed by atoms with E-state index in [-0.39, 0.29) is 45.6 Å². The second-order valence-electron chi connectivity index (χ2n) is 15.2. The van der Waals surface area contributed by atoms with Crippen LogP contribution >= 0.6 is 0 Å². The molecule has 7 fully saturated rings. The Kier molecular flexibility index (Phi) is 5.26. The van der Waals surface area contributed by atoms with Gasteiger partial charge in [-0.05, 0) is 98.5 Å². The molecular formula is C34H41NO6. The molecule has 9 rings (SSSR count). The van der Waals surface area contributed by atoms with Gasteiger partial charge in [-0.25, -0.2) is 0 Å². The van der Waals surface area contributed by atoms with Crippen LogP contribution in [0.2, 0.25) is 0 Å². The largest absolute Gasteiger partial charge is 0.399 e. The predicted octanol–water partition coefficient (Wildman–Crippen LogP) is 3.91. The number of rotatable bonds is 5. The zero-order chi connectivity index (χ0) is 28.6. The van der Waals surface area contributed by atoms with Crippen molar-refractivity contribution in [3.05, 3.63) is 53.6 Å². The highest BCUT2D eigenvalue weighted by atomic mass is 16.7. The number of benzene rings is 1. The Labute approximate surface area is 241 Å². The molecule has 7 aliphatic carbocycles. The molecule has 218 valence electrons. The van der Waals surface area contributed by atoms with E-state index < -0.39 is 36.1 Å². The van der Waals surface area contributed by atoms with Crippen LogP contribution < -0.4 is 5.73 Å². The van der Waals surface area contributed by atoms with Gasteiger partial charge in [0.1, 0.15) is 6.61 Å². The van der Waals surface area contributed by atoms with Gasteiger partial charge in [-0.15, -0.1) is 0 Å². The minimum atomic E-state index is -1.26. The van der Waals surface area contributed by atoms with Gasteiger partial charge >= 0.3 is 0 Å². The third-order valence-electron chi connectivity index (χ3n) is 13.0. The monoisotopic (exact) mass is 559 g/mol. The van der Waals surface area contributed by atoms with E-state index in [4.69, 9.17) is 15.2 Å². The van der Waals surface area contributed by atoms with Crippen LogP contribution in [0.4, 0.5) is 5.69 Å². The minimum Gasteiger partial charge on any atom is -0.399 e. The van der Waals surface area contributed by atoms with Crippen molar-refractivity contribution in [1.82, 2.24) is 0 Å². The van der Waals surface area contributed by atoms with E-state index in [1.165, 1.54) is 5.56 Å². The Balaban J connectivity index is 1.07. The van der Waals surface area contributed by atoms with E-state index in [2.05, 4.69) is 26.0 Å². The molecule has 1 aliphatic heterocycles. The maximum atomic E-state index is 13.8. The first-order valence-electron chi connectivity index (χ1n) is 15.4. The first kappa shape index (κ1) is 26.3. The number of allylic oxidation sites excluding steroid dienone is 4. The van der Waals surface area contributed by atoms with E-state index in [1.807, 2.05) is 18.2 Å². The average Bonchev–Trinajstić information content (AvgIpc) is 3.38. The van der Waals surface area contributed by atoms with Crippen molar-refractivity contribution in [3.8, 4) is 0 Å². The number of ether oxygens (including phenoxy) is 2. The number of hydrogen-bond acceptors (Lipinski definition) is 7. The number of aliphatic hydroxyl groups excluding tert-OH is 2. The Morgan fingerprint density at radius 3 is 2.71 bits per heavy atom. The van der Waals surface area contributed by atoms with E-state index in [1.54, 1.807) is 12.2 Å². The molecule has 9 atom stereocenters. The highest BCUT2D eigenvalue weighted by molar-refractivity contribution is 6.01. The second-order valence-corrected chi connectivity index (χ2v) is 15.2. The van der Waals surface area contributed by atoms with Crippen LogP contribution in [0.15, 0.2) is 48.1 Å². The van der Waals surface area contributed by atoms with Crippen molar-refractivity contribution in [3.63, 3.8) is 0 Å². The number of carbonyl (C=O) groups excluding carboxylic acids is 2. The summed E-state index contributed by atoms with van der Waals surface area (Å²) in [6.45, 7) is 3.66. The zero-order valence-electron chi connectivity index (χ0n) is 24.0. The summed E-state index contributed by atoms with van der Waals surface area (Å²) in [6, 6.07) is 8.12. The summed E-state index contributed by atoms with van der Waals surface area (Å²) in [7, 11) is 0. The van der Waals surface area contributed by atoms with Crippen LogP contribution in [0, 0.1) is 39.4 Å². The first-order valence-corrected chi connectivity index (χ1v) is 15.4. The van der Waals surface area contributed by atoms with Gasteiger partial charge in [0.15, 0.2) is 23.5 Å². The van der Waals surface area contributed by atoms with Crippen LogP contribution in [0.25, 0.3) is 0 Å². The minimum absolute atomic E-state index is 0.0186. The molecular weight excluding hydrogens is 518 g/mol. The summed E-state index contributed by atoms with van der Waals surface area (Å²) in [6.07, 6.45) is 10.6. The lowest BCUT2D eigenvalue weighted by Gasteiger charge is -2.72. The fraction of sp³-hybridized carbons (Fsp3) is 0.647. The molecule has 4 N–H and O–H groups in total. The topological polar surface area (TPSA) is 119 Å². The third-order valence-corrected chi connectivity index (χ3v) is 13.0. The van der Waals surface area contributed by atoms with Crippen molar-refractivity contribution in [2.75, 3.05) is 12.3 Å². The van der Waals surface area contributed by atoms with Gasteiger partial charge in [0, 0.05) is 27.9 Å². The van der Waals surface area contributed by atoms with Gasteiger partial charge < -0.3 is 25.4 Å². The molecule has 0 unspecified atom stereocenters. The van der Waals surface area contributed by atoms with E-state index in [0.717, 1.165) is 49.8 Å². The van der Waals surface area contributed by atoms with Gasteiger partial charge in [0.25, 0.3) is 0 Å². The van der Waals surface area contributed by atoms with E-state index in [0.29, 0.717) is 12.8 Å². The van der Waals surface area contributed by atoms with Crippen molar-refractivity contribution in [1.29, 1.82) is 0 Å². The Morgan fingerprint density at radius 2 is 1.98 bits per heavy atom. The average molecular weight is 560 g/mol. The lowest BCUT2D eigenvalue weighted by atomic mass is 9.33. The molecule has 0 spiro atoms. The highest BCUT2D eigenvalue weighted by Gasteiger charge is 2.80. The SMILES string of the molecule is C[C@]12C=CC(=O)C=C1CC[C@@H]1[C@@H]2[C@@H](O)C[C@@]2(C)[C@H]1C[C@H]1O[C@@H](C34CC(Cc5cccc(N)c5)(C3)C4)O[C@]12C(=O)CO. The molecule has 1 aromatic carbocycles. The molecule has 41 heavy (non-hydrogen) atoms. The molecule has 0 amide bonds. The summed E-state index contributed by atoms with van der Waals surface area (Å²) >= 11 is 0. The number of nitrogen functional groups attached to an aromatic ring is 1. The maximum absolute atomic E-state index is 13.8. The number of Topliss-reactive ketones (excluding diaryl/α,β-unsaturated/α-hetero) is 1. The molecule has 7 heteroatoms. The Morgan fingerprint density at radius 1 is 1.20 bits per heavy atom. The Bertz CT molecular complexity index is 1400. The van der Waals surface area contributed by atoms with Crippen LogP contribution in [0.1, 0.15) is 64.4 Å². The Hall–Kier alpha value is -2.32. The van der Waals surface area contributed by atoms with Gasteiger partial charge in [0.2, 0.25) is 0 Å². The second kappa shape index (κ2) is 8.19. The number of fused-ring (bicyclic) bond motifs is 7. The molecule has 1 heterocycles. The molecule has 1 aromatic rings. The van der Waals surface area contributed by atoms with Gasteiger partial charge in [0.05, 0.1) is 12.2 Å². The number of anilines is 1. The van der Waals surface area contributed by atoms with Crippen LogP contribution in [0.3, 0.4) is 0 Å². The lowest BCUT2D eigenvalue weighted by Crippen LogP contribution is -2.69. The van der Waals surface area contributed by atoms with Crippen LogP contribution in [-0.2, 0) is 25.5 Å². The molecule has 6 saturated carbocycles. The van der Waals surface area contributed by atoms with Gasteiger partial charge in [-0.1, -0.05) is 37.6 Å². The lowest BCUT2D eigenvalue weighted by molar-refractivity contribution is -0.323.